The lowest BCUT2D eigenvalue weighted by Crippen LogP contribution is -2.39. The molecule has 3 aromatic rings. The van der Waals surface area contributed by atoms with Gasteiger partial charge in [0.1, 0.15) is 11.5 Å². The summed E-state index contributed by atoms with van der Waals surface area (Å²) in [6, 6.07) is 4.02. The van der Waals surface area contributed by atoms with Gasteiger partial charge >= 0.3 is 6.18 Å². The van der Waals surface area contributed by atoms with Gasteiger partial charge in [0, 0.05) is 18.8 Å². The number of nitrogens with zero attached hydrogens (tertiary/aromatic N) is 5. The van der Waals surface area contributed by atoms with Crippen LogP contribution in [0.1, 0.15) is 41.9 Å². The number of rotatable bonds is 7. The third-order valence-electron chi connectivity index (χ3n) is 5.01. The number of hydrogen-bond donors (Lipinski definition) is 0. The number of hydrogen-bond acceptors (Lipinski definition) is 4. The van der Waals surface area contributed by atoms with Crippen molar-refractivity contribution in [3.8, 4) is 5.69 Å². The first-order chi connectivity index (χ1) is 15.1. The van der Waals surface area contributed by atoms with Crippen molar-refractivity contribution in [2.75, 3.05) is 6.54 Å². The van der Waals surface area contributed by atoms with Crippen molar-refractivity contribution < 1.29 is 26.7 Å². The molecule has 32 heavy (non-hydrogen) atoms. The Morgan fingerprint density at radius 3 is 2.44 bits per heavy atom. The van der Waals surface area contributed by atoms with Crippen LogP contribution in [0.15, 0.2) is 42.9 Å². The number of alkyl halides is 3. The van der Waals surface area contributed by atoms with Crippen LogP contribution in [0.2, 0.25) is 0 Å². The summed E-state index contributed by atoms with van der Waals surface area (Å²) in [5.74, 6) is -2.21. The predicted molar refractivity (Wildman–Crippen MR) is 105 cm³/mol. The third-order valence-corrected chi connectivity index (χ3v) is 5.01. The Balaban J connectivity index is 1.78. The lowest BCUT2D eigenvalue weighted by atomic mass is 10.1. The van der Waals surface area contributed by atoms with Crippen LogP contribution in [0.3, 0.4) is 0 Å². The molecule has 0 unspecified atom stereocenters. The molecule has 0 saturated heterocycles. The summed E-state index contributed by atoms with van der Waals surface area (Å²) in [5.41, 5.74) is -1.33. The number of pyridine rings is 1. The first kappa shape index (κ1) is 23.3. The molecule has 0 saturated carbocycles. The Bertz CT molecular complexity index is 1080. The maximum atomic E-state index is 14.5. The lowest BCUT2D eigenvalue weighted by molar-refractivity contribution is -0.138. The number of carbonyl (C=O) groups is 1. The molecule has 3 rings (SSSR count). The van der Waals surface area contributed by atoms with Gasteiger partial charge in [-0.2, -0.15) is 23.4 Å². The fourth-order valence-electron chi connectivity index (χ4n) is 3.34. The summed E-state index contributed by atoms with van der Waals surface area (Å²) in [4.78, 5) is 19.3. The molecule has 1 atom stereocenters. The molecule has 0 bridgehead atoms. The molecule has 2 aromatic heterocycles. The molecule has 170 valence electrons. The molecule has 0 aliphatic carbocycles. The maximum Gasteiger partial charge on any atom is 0.417 e. The van der Waals surface area contributed by atoms with E-state index in [4.69, 9.17) is 0 Å². The van der Waals surface area contributed by atoms with E-state index in [1.165, 1.54) is 35.5 Å². The SMILES string of the molecule is CCN(C(=O)c1cccc(F)c1-n1nccn1)[C@@H](C)CCc1ncc(C(F)(F)F)cc1F. The minimum atomic E-state index is -4.68. The molecule has 2 heterocycles. The van der Waals surface area contributed by atoms with E-state index in [0.29, 0.717) is 12.3 Å². The molecule has 0 radical (unpaired) electrons. The van der Waals surface area contributed by atoms with Gasteiger partial charge in [0.15, 0.2) is 5.82 Å². The van der Waals surface area contributed by atoms with Gasteiger partial charge in [0.2, 0.25) is 0 Å². The predicted octanol–water partition coefficient (Wildman–Crippen LogP) is 4.44. The van der Waals surface area contributed by atoms with Gasteiger partial charge in [-0.3, -0.25) is 9.78 Å². The summed E-state index contributed by atoms with van der Waals surface area (Å²) in [6.45, 7) is 3.72. The van der Waals surface area contributed by atoms with Gasteiger partial charge in [0.25, 0.3) is 5.91 Å². The van der Waals surface area contributed by atoms with Crippen molar-refractivity contribution >= 4 is 5.91 Å². The normalized spacial score (nSPS) is 12.6. The number of halogens is 5. The smallest absolute Gasteiger partial charge is 0.336 e. The average Bonchev–Trinajstić information content (AvgIpc) is 3.26. The molecule has 6 nitrogen and oxygen atoms in total. The summed E-state index contributed by atoms with van der Waals surface area (Å²) in [5, 5.41) is 7.79. The monoisotopic (exact) mass is 453 g/mol. The number of aromatic nitrogens is 4. The molecular weight excluding hydrogens is 433 g/mol. The number of amides is 1. The second kappa shape index (κ2) is 9.41. The first-order valence-electron chi connectivity index (χ1n) is 9.81. The van der Waals surface area contributed by atoms with E-state index in [2.05, 4.69) is 15.2 Å². The second-order valence-corrected chi connectivity index (χ2v) is 7.08. The molecule has 1 aromatic carbocycles. The van der Waals surface area contributed by atoms with E-state index in [1.54, 1.807) is 13.8 Å². The standard InChI is InChI=1S/C21H20F5N5O/c1-3-30(13(2)7-8-18-17(23)11-14(12-27-18)21(24,25)26)20(32)15-5-4-6-16(22)19(15)31-28-9-10-29-31/h4-6,9-13H,3,7-8H2,1-2H3/t13-/m0/s1. The van der Waals surface area contributed by atoms with Gasteiger partial charge in [-0.05, 0) is 44.9 Å². The molecule has 0 spiro atoms. The van der Waals surface area contributed by atoms with E-state index in [0.717, 1.165) is 4.80 Å². The van der Waals surface area contributed by atoms with Crippen molar-refractivity contribution in [3.63, 3.8) is 0 Å². The molecule has 11 heteroatoms. The van der Waals surface area contributed by atoms with Crippen LogP contribution in [0, 0.1) is 11.6 Å². The highest BCUT2D eigenvalue weighted by atomic mass is 19.4. The highest BCUT2D eigenvalue weighted by Gasteiger charge is 2.32. The van der Waals surface area contributed by atoms with E-state index >= 15 is 0 Å². The summed E-state index contributed by atoms with van der Waals surface area (Å²) >= 11 is 0. The van der Waals surface area contributed by atoms with Crippen molar-refractivity contribution in [3.05, 3.63) is 71.3 Å². The van der Waals surface area contributed by atoms with E-state index in [1.807, 2.05) is 0 Å². The van der Waals surface area contributed by atoms with Crippen molar-refractivity contribution in [1.29, 1.82) is 0 Å². The molecule has 0 aliphatic heterocycles. The Hall–Kier alpha value is -3.37. The number of carbonyl (C=O) groups excluding carboxylic acids is 1. The average molecular weight is 453 g/mol. The Morgan fingerprint density at radius 1 is 1.16 bits per heavy atom. The van der Waals surface area contributed by atoms with Gasteiger partial charge in [0.05, 0.1) is 29.2 Å². The van der Waals surface area contributed by atoms with Crippen LogP contribution >= 0.6 is 0 Å². The highest BCUT2D eigenvalue weighted by Crippen LogP contribution is 2.29. The third kappa shape index (κ3) is 4.92. The fraction of sp³-hybridized carbons (Fsp3) is 0.333. The number of aryl methyl sites for hydroxylation is 1. The number of para-hydroxylation sites is 1. The second-order valence-electron chi connectivity index (χ2n) is 7.08. The zero-order valence-corrected chi connectivity index (χ0v) is 17.3. The van der Waals surface area contributed by atoms with Crippen LogP contribution in [0.4, 0.5) is 22.0 Å². The zero-order chi connectivity index (χ0) is 23.5. The largest absolute Gasteiger partial charge is 0.417 e. The summed E-state index contributed by atoms with van der Waals surface area (Å²) in [6.07, 6.45) is -1.14. The van der Waals surface area contributed by atoms with Crippen LogP contribution < -0.4 is 0 Å². The van der Waals surface area contributed by atoms with E-state index < -0.39 is 35.3 Å². The summed E-state index contributed by atoms with van der Waals surface area (Å²) < 4.78 is 66.6. The van der Waals surface area contributed by atoms with Crippen LogP contribution in [-0.2, 0) is 12.6 Å². The molecule has 0 N–H and O–H groups in total. The quantitative estimate of drug-likeness (QED) is 0.496. The van der Waals surface area contributed by atoms with E-state index in [-0.39, 0.29) is 36.3 Å². The molecule has 0 fully saturated rings. The molecular formula is C21H20F5N5O. The van der Waals surface area contributed by atoms with Crippen LogP contribution in [-0.4, -0.2) is 43.4 Å². The van der Waals surface area contributed by atoms with Crippen molar-refractivity contribution in [2.24, 2.45) is 0 Å². The van der Waals surface area contributed by atoms with Crippen molar-refractivity contribution in [1.82, 2.24) is 24.9 Å². The molecule has 1 amide bonds. The Morgan fingerprint density at radius 2 is 1.84 bits per heavy atom. The minimum Gasteiger partial charge on any atom is -0.336 e. The van der Waals surface area contributed by atoms with Gasteiger partial charge in [-0.15, -0.1) is 4.80 Å². The highest BCUT2D eigenvalue weighted by molar-refractivity contribution is 5.98. The maximum absolute atomic E-state index is 14.5. The topological polar surface area (TPSA) is 63.9 Å². The lowest BCUT2D eigenvalue weighted by Gasteiger charge is -2.29. The minimum absolute atomic E-state index is 0.0195. The zero-order valence-electron chi connectivity index (χ0n) is 17.3. The number of benzene rings is 1. The van der Waals surface area contributed by atoms with Crippen LogP contribution in [0.25, 0.3) is 5.69 Å². The Kier molecular flexibility index (Phi) is 6.85. The fourth-order valence-corrected chi connectivity index (χ4v) is 3.34. The van der Waals surface area contributed by atoms with Gasteiger partial charge in [-0.25, -0.2) is 8.78 Å². The van der Waals surface area contributed by atoms with Crippen molar-refractivity contribution in [2.45, 2.75) is 38.9 Å². The molecule has 0 aliphatic rings. The Labute approximate surface area is 180 Å². The van der Waals surface area contributed by atoms with E-state index in [9.17, 15) is 26.7 Å². The van der Waals surface area contributed by atoms with Crippen LogP contribution in [0.5, 0.6) is 0 Å². The van der Waals surface area contributed by atoms with Gasteiger partial charge < -0.3 is 4.90 Å². The summed E-state index contributed by atoms with van der Waals surface area (Å²) in [7, 11) is 0. The first-order valence-corrected chi connectivity index (χ1v) is 9.81. The van der Waals surface area contributed by atoms with Gasteiger partial charge in [-0.1, -0.05) is 6.07 Å².